The highest BCUT2D eigenvalue weighted by atomic mass is 16.7. The van der Waals surface area contributed by atoms with Crippen molar-refractivity contribution in [1.82, 2.24) is 9.80 Å². The Balaban J connectivity index is 1.34. The second kappa shape index (κ2) is 7.00. The highest BCUT2D eigenvalue weighted by molar-refractivity contribution is 5.00. The summed E-state index contributed by atoms with van der Waals surface area (Å²) < 4.78 is 19.0. The van der Waals surface area contributed by atoms with Gasteiger partial charge in [0.25, 0.3) is 0 Å². The fourth-order valence-corrected chi connectivity index (χ4v) is 5.39. The minimum absolute atomic E-state index is 0.0128. The Hall–Kier alpha value is -0.200. The Bertz CT molecular complexity index is 483. The average Bonchev–Trinajstić information content (AvgIpc) is 3.24. The largest absolute Gasteiger partial charge is 0.375 e. The van der Waals surface area contributed by atoms with Crippen molar-refractivity contribution in [2.45, 2.75) is 95.3 Å². The Kier molecular flexibility index (Phi) is 5.15. The molecule has 0 N–H and O–H groups in total. The predicted molar refractivity (Wildman–Crippen MR) is 102 cm³/mol. The number of piperidine rings is 2. The summed E-state index contributed by atoms with van der Waals surface area (Å²) in [6.45, 7) is 15.3. The topological polar surface area (TPSA) is 34.2 Å². The summed E-state index contributed by atoms with van der Waals surface area (Å²) in [4.78, 5) is 5.15. The van der Waals surface area contributed by atoms with Crippen LogP contribution in [0.4, 0.5) is 0 Å². The van der Waals surface area contributed by atoms with Gasteiger partial charge in [0.2, 0.25) is 0 Å². The van der Waals surface area contributed by atoms with Gasteiger partial charge in [0.15, 0.2) is 5.79 Å². The summed E-state index contributed by atoms with van der Waals surface area (Å²) in [5, 5.41) is 0. The molecule has 5 nitrogen and oxygen atoms in total. The van der Waals surface area contributed by atoms with Gasteiger partial charge in [-0.15, -0.1) is 0 Å². The van der Waals surface area contributed by atoms with E-state index in [-0.39, 0.29) is 23.0 Å². The molecular weight excluding hydrogens is 328 g/mol. The smallest absolute Gasteiger partial charge is 0.171 e. The van der Waals surface area contributed by atoms with E-state index in [9.17, 15) is 0 Å². The van der Waals surface area contributed by atoms with Crippen LogP contribution in [0.5, 0.6) is 0 Å². The fraction of sp³-hybridized carbons (Fsp3) is 1.00. The van der Waals surface area contributed by atoms with Gasteiger partial charge in [0, 0.05) is 57.2 Å². The van der Waals surface area contributed by atoms with Crippen LogP contribution in [-0.4, -0.2) is 78.3 Å². The third kappa shape index (κ3) is 3.46. The van der Waals surface area contributed by atoms with E-state index in [1.165, 1.54) is 25.7 Å². The van der Waals surface area contributed by atoms with Gasteiger partial charge < -0.3 is 19.1 Å². The van der Waals surface area contributed by atoms with Crippen LogP contribution < -0.4 is 0 Å². The molecule has 0 aromatic carbocycles. The second-order valence-electron chi connectivity index (χ2n) is 9.73. The van der Waals surface area contributed by atoms with E-state index in [2.05, 4.69) is 37.5 Å². The minimum Gasteiger partial charge on any atom is -0.375 e. The van der Waals surface area contributed by atoms with Gasteiger partial charge >= 0.3 is 0 Å². The fourth-order valence-electron chi connectivity index (χ4n) is 5.39. The molecule has 4 saturated heterocycles. The molecule has 1 unspecified atom stereocenters. The Morgan fingerprint density at radius 1 is 0.923 bits per heavy atom. The zero-order chi connectivity index (χ0) is 18.4. The van der Waals surface area contributed by atoms with Crippen LogP contribution in [0.2, 0.25) is 0 Å². The maximum absolute atomic E-state index is 6.63. The molecule has 1 atom stereocenters. The molecule has 26 heavy (non-hydrogen) atoms. The molecule has 0 bridgehead atoms. The molecule has 4 aliphatic rings. The third-order valence-electron chi connectivity index (χ3n) is 7.61. The number of likely N-dealkylation sites (tertiary alicyclic amines) is 2. The van der Waals surface area contributed by atoms with Crippen LogP contribution in [-0.2, 0) is 14.2 Å². The monoisotopic (exact) mass is 366 g/mol. The normalized spacial score (nSPS) is 32.9. The lowest BCUT2D eigenvalue weighted by Crippen LogP contribution is -2.58. The molecule has 4 aliphatic heterocycles. The maximum Gasteiger partial charge on any atom is 0.171 e. The molecule has 4 fully saturated rings. The third-order valence-corrected chi connectivity index (χ3v) is 7.61. The SMILES string of the molecule is CC(C)N1CCC2(CC1)OCC(C(C)(C)N1CCC3(CCCO3)CC1)O2. The molecule has 0 aromatic rings. The molecule has 0 amide bonds. The van der Waals surface area contributed by atoms with Gasteiger partial charge in [-0.2, -0.15) is 0 Å². The van der Waals surface area contributed by atoms with Gasteiger partial charge in [-0.25, -0.2) is 0 Å². The van der Waals surface area contributed by atoms with Crippen molar-refractivity contribution in [2.75, 3.05) is 39.4 Å². The summed E-state index contributed by atoms with van der Waals surface area (Å²) in [6, 6.07) is 0.611. The van der Waals surface area contributed by atoms with Crippen LogP contribution in [0.1, 0.15) is 66.2 Å². The van der Waals surface area contributed by atoms with Gasteiger partial charge in [0.1, 0.15) is 6.10 Å². The van der Waals surface area contributed by atoms with Gasteiger partial charge in [-0.05, 0) is 53.4 Å². The molecule has 0 saturated carbocycles. The lowest BCUT2D eigenvalue weighted by atomic mass is 9.85. The number of rotatable bonds is 3. The van der Waals surface area contributed by atoms with Gasteiger partial charge in [0.05, 0.1) is 12.2 Å². The zero-order valence-corrected chi connectivity index (χ0v) is 17.3. The van der Waals surface area contributed by atoms with Crippen LogP contribution in [0.25, 0.3) is 0 Å². The second-order valence-corrected chi connectivity index (χ2v) is 9.73. The summed E-state index contributed by atoms with van der Waals surface area (Å²) in [7, 11) is 0. The van der Waals surface area contributed by atoms with E-state index in [1.54, 1.807) is 0 Å². The van der Waals surface area contributed by atoms with E-state index in [0.717, 1.165) is 52.2 Å². The summed E-state index contributed by atoms with van der Waals surface area (Å²) in [5.41, 5.74) is 0.198. The Morgan fingerprint density at radius 2 is 1.62 bits per heavy atom. The zero-order valence-electron chi connectivity index (χ0n) is 17.3. The van der Waals surface area contributed by atoms with Crippen LogP contribution in [0.15, 0.2) is 0 Å². The summed E-state index contributed by atoms with van der Waals surface area (Å²) in [5.74, 6) is -0.334. The molecule has 2 spiro atoms. The van der Waals surface area contributed by atoms with Crippen molar-refractivity contribution in [2.24, 2.45) is 0 Å². The first kappa shape index (κ1) is 19.1. The van der Waals surface area contributed by atoms with E-state index < -0.39 is 0 Å². The van der Waals surface area contributed by atoms with Crippen LogP contribution in [0, 0.1) is 0 Å². The van der Waals surface area contributed by atoms with Crippen LogP contribution in [0.3, 0.4) is 0 Å². The van der Waals surface area contributed by atoms with Crippen molar-refractivity contribution in [1.29, 1.82) is 0 Å². The predicted octanol–water partition coefficient (Wildman–Crippen LogP) is 3.03. The number of hydrogen-bond acceptors (Lipinski definition) is 5. The quantitative estimate of drug-likeness (QED) is 0.767. The molecule has 150 valence electrons. The average molecular weight is 367 g/mol. The van der Waals surface area contributed by atoms with Crippen molar-refractivity contribution >= 4 is 0 Å². The first-order chi connectivity index (χ1) is 12.3. The van der Waals surface area contributed by atoms with Crippen molar-refractivity contribution in [3.63, 3.8) is 0 Å². The Labute approximate surface area is 159 Å². The highest BCUT2D eigenvalue weighted by Crippen LogP contribution is 2.42. The number of hydrogen-bond donors (Lipinski definition) is 0. The molecule has 0 aliphatic carbocycles. The summed E-state index contributed by atoms with van der Waals surface area (Å²) >= 11 is 0. The standard InChI is InChI=1S/C21H38N2O3/c1-17(2)22-11-9-21(10-12-22)25-16-18(26-21)19(3,4)23-13-7-20(8-14-23)6-5-15-24-20/h17-18H,5-16H2,1-4H3. The minimum atomic E-state index is -0.334. The molecule has 4 heterocycles. The lowest BCUT2D eigenvalue weighted by molar-refractivity contribution is -0.208. The van der Waals surface area contributed by atoms with Crippen molar-refractivity contribution in [3.8, 4) is 0 Å². The van der Waals surface area contributed by atoms with E-state index >= 15 is 0 Å². The van der Waals surface area contributed by atoms with E-state index in [4.69, 9.17) is 14.2 Å². The van der Waals surface area contributed by atoms with Crippen molar-refractivity contribution < 1.29 is 14.2 Å². The first-order valence-corrected chi connectivity index (χ1v) is 10.8. The van der Waals surface area contributed by atoms with Crippen LogP contribution >= 0.6 is 0 Å². The molecule has 0 aromatic heterocycles. The highest BCUT2D eigenvalue weighted by Gasteiger charge is 2.51. The maximum atomic E-state index is 6.63. The molecule has 0 radical (unpaired) electrons. The molecule has 4 rings (SSSR count). The Morgan fingerprint density at radius 3 is 2.19 bits per heavy atom. The van der Waals surface area contributed by atoms with E-state index in [0.29, 0.717) is 6.04 Å². The lowest BCUT2D eigenvalue weighted by Gasteiger charge is -2.48. The number of nitrogens with zero attached hydrogens (tertiary/aromatic N) is 2. The van der Waals surface area contributed by atoms with E-state index in [1.807, 2.05) is 0 Å². The van der Waals surface area contributed by atoms with Gasteiger partial charge in [-0.3, -0.25) is 4.90 Å². The first-order valence-electron chi connectivity index (χ1n) is 10.8. The molecule has 5 heteroatoms. The summed E-state index contributed by atoms with van der Waals surface area (Å²) in [6.07, 6.45) is 6.96. The molecular formula is C21H38N2O3. The number of ether oxygens (including phenoxy) is 3. The van der Waals surface area contributed by atoms with Gasteiger partial charge in [-0.1, -0.05) is 0 Å². The van der Waals surface area contributed by atoms with Crippen molar-refractivity contribution in [3.05, 3.63) is 0 Å².